The van der Waals surface area contributed by atoms with Crippen LogP contribution in [0.25, 0.3) is 0 Å². The first-order chi connectivity index (χ1) is 8.70. The van der Waals surface area contributed by atoms with Crippen LogP contribution in [0.5, 0.6) is 5.75 Å². The van der Waals surface area contributed by atoms with Gasteiger partial charge in [-0.15, -0.1) is 0 Å². The molecule has 1 heterocycles. The zero-order valence-electron chi connectivity index (χ0n) is 9.71. The average molecular weight is 280 g/mol. The maximum Gasteiger partial charge on any atom is 0.170 e. The van der Waals surface area contributed by atoms with Crippen LogP contribution in [-0.4, -0.2) is 22.3 Å². The molecule has 1 aromatic carbocycles. The summed E-state index contributed by atoms with van der Waals surface area (Å²) in [4.78, 5) is 4.10. The highest BCUT2D eigenvalue weighted by molar-refractivity contribution is 8.00. The molecule has 0 atom stereocenters. The molecule has 5 nitrogen and oxygen atoms in total. The van der Waals surface area contributed by atoms with Crippen molar-refractivity contribution >= 4 is 29.1 Å². The fraction of sp³-hybridized carbons (Fsp3) is 0.182. The lowest BCUT2D eigenvalue weighted by Crippen LogP contribution is -2.12. The van der Waals surface area contributed by atoms with Gasteiger partial charge in [-0.3, -0.25) is 5.41 Å². The summed E-state index contributed by atoms with van der Waals surface area (Å²) < 4.78 is 10.1. The summed E-state index contributed by atoms with van der Waals surface area (Å²) in [5.74, 6) is 1.41. The van der Waals surface area contributed by atoms with Crippen molar-refractivity contribution in [2.75, 3.05) is 7.11 Å². The first-order valence-electron chi connectivity index (χ1n) is 5.11. The van der Waals surface area contributed by atoms with Crippen molar-refractivity contribution in [3.05, 3.63) is 35.7 Å². The van der Waals surface area contributed by atoms with E-state index in [0.717, 1.165) is 15.7 Å². The van der Waals surface area contributed by atoms with Crippen LogP contribution < -0.4 is 10.5 Å². The van der Waals surface area contributed by atoms with Crippen LogP contribution in [-0.2, 0) is 5.75 Å². The minimum Gasteiger partial charge on any atom is -0.496 e. The molecule has 0 unspecified atom stereocenters. The van der Waals surface area contributed by atoms with Crippen LogP contribution in [0.1, 0.15) is 11.1 Å². The summed E-state index contributed by atoms with van der Waals surface area (Å²) in [7, 11) is 1.57. The van der Waals surface area contributed by atoms with Crippen LogP contribution in [0.2, 0.25) is 0 Å². The van der Waals surface area contributed by atoms with E-state index in [0.29, 0.717) is 11.3 Å². The molecule has 0 fully saturated rings. The number of nitrogens with one attached hydrogen (secondary N) is 1. The van der Waals surface area contributed by atoms with E-state index in [9.17, 15) is 0 Å². The monoisotopic (exact) mass is 280 g/mol. The Hall–Kier alpha value is -1.60. The minimum absolute atomic E-state index is 0.00942. The predicted molar refractivity (Wildman–Crippen MR) is 73.5 cm³/mol. The Morgan fingerprint density at radius 1 is 1.56 bits per heavy atom. The minimum atomic E-state index is 0.00942. The summed E-state index contributed by atoms with van der Waals surface area (Å²) in [5, 5.41) is 7.44. The largest absolute Gasteiger partial charge is 0.496 e. The maximum atomic E-state index is 7.44. The van der Waals surface area contributed by atoms with E-state index in [-0.39, 0.29) is 5.84 Å². The van der Waals surface area contributed by atoms with Crippen LogP contribution in [0, 0.1) is 5.41 Å². The molecular weight excluding hydrogens is 268 g/mol. The van der Waals surface area contributed by atoms with Crippen molar-refractivity contribution in [3.63, 3.8) is 0 Å². The normalized spacial score (nSPS) is 10.3. The Balaban J connectivity index is 2.12. The van der Waals surface area contributed by atoms with Crippen LogP contribution in [0.4, 0.5) is 0 Å². The number of methoxy groups -OCH3 is 1. The number of hydrogen-bond acceptors (Lipinski definition) is 6. The molecule has 0 radical (unpaired) electrons. The third kappa shape index (κ3) is 2.99. The van der Waals surface area contributed by atoms with Gasteiger partial charge < -0.3 is 10.5 Å². The number of hydrogen-bond donors (Lipinski definition) is 2. The molecule has 0 saturated carbocycles. The van der Waals surface area contributed by atoms with Gasteiger partial charge >= 0.3 is 0 Å². The van der Waals surface area contributed by atoms with Gasteiger partial charge in [-0.2, -0.15) is 4.37 Å². The van der Waals surface area contributed by atoms with Crippen molar-refractivity contribution in [2.24, 2.45) is 5.73 Å². The fourth-order valence-electron chi connectivity index (χ4n) is 1.42. The molecule has 0 bridgehead atoms. The average Bonchev–Trinajstić information content (AvgIpc) is 2.88. The maximum absolute atomic E-state index is 7.44. The molecule has 0 aliphatic carbocycles. The molecule has 3 N–H and O–H groups in total. The second-order valence-electron chi connectivity index (χ2n) is 3.44. The quantitative estimate of drug-likeness (QED) is 0.498. The standard InChI is InChI=1S/C11H12N4OS2/c1-16-9-4-7(2-3-8(9)10(12)13)5-17-11-14-6-15-18-11/h2-4,6H,5H2,1H3,(H3,12,13). The molecule has 2 aromatic rings. The Morgan fingerprint density at radius 3 is 3.00 bits per heavy atom. The molecule has 0 aliphatic rings. The Labute approximate surface area is 113 Å². The number of nitrogens with two attached hydrogens (primary N) is 1. The van der Waals surface area contributed by atoms with Gasteiger partial charge in [0.1, 0.15) is 17.9 Å². The second-order valence-corrected chi connectivity index (χ2v) is 5.45. The van der Waals surface area contributed by atoms with E-state index in [1.54, 1.807) is 31.3 Å². The summed E-state index contributed by atoms with van der Waals surface area (Å²) in [5.41, 5.74) is 7.18. The van der Waals surface area contributed by atoms with Crippen LogP contribution in [0.3, 0.4) is 0 Å². The summed E-state index contributed by atoms with van der Waals surface area (Å²) in [6.07, 6.45) is 1.55. The van der Waals surface area contributed by atoms with Gasteiger partial charge in [-0.05, 0) is 29.2 Å². The lowest BCUT2D eigenvalue weighted by molar-refractivity contribution is 0.413. The third-order valence-electron chi connectivity index (χ3n) is 2.26. The highest BCUT2D eigenvalue weighted by atomic mass is 32.2. The van der Waals surface area contributed by atoms with E-state index in [2.05, 4.69) is 9.36 Å². The number of nitrogens with zero attached hydrogens (tertiary/aromatic N) is 2. The number of nitrogen functional groups attached to an aromatic ring is 1. The van der Waals surface area contributed by atoms with Crippen molar-refractivity contribution in [1.82, 2.24) is 9.36 Å². The number of aromatic nitrogens is 2. The number of rotatable bonds is 5. The van der Waals surface area contributed by atoms with E-state index in [4.69, 9.17) is 15.9 Å². The second kappa shape index (κ2) is 5.83. The van der Waals surface area contributed by atoms with Crippen molar-refractivity contribution in [3.8, 4) is 5.75 Å². The summed E-state index contributed by atoms with van der Waals surface area (Å²) in [6, 6.07) is 5.63. The smallest absolute Gasteiger partial charge is 0.170 e. The van der Waals surface area contributed by atoms with E-state index >= 15 is 0 Å². The number of amidine groups is 1. The number of thioether (sulfide) groups is 1. The molecule has 0 amide bonds. The molecule has 1 aromatic heterocycles. The first kappa shape index (κ1) is 12.8. The lowest BCUT2D eigenvalue weighted by Gasteiger charge is -2.08. The Bertz CT molecular complexity index is 542. The van der Waals surface area contributed by atoms with Gasteiger partial charge in [0.2, 0.25) is 0 Å². The summed E-state index contributed by atoms with van der Waals surface area (Å²) in [6.45, 7) is 0. The summed E-state index contributed by atoms with van der Waals surface area (Å²) >= 11 is 2.99. The molecule has 2 rings (SSSR count). The van der Waals surface area contributed by atoms with Gasteiger partial charge in [0.15, 0.2) is 4.34 Å². The number of benzene rings is 1. The lowest BCUT2D eigenvalue weighted by atomic mass is 10.1. The molecule has 7 heteroatoms. The highest BCUT2D eigenvalue weighted by Gasteiger charge is 2.07. The molecule has 0 spiro atoms. The highest BCUT2D eigenvalue weighted by Crippen LogP contribution is 2.26. The Morgan fingerprint density at radius 2 is 2.39 bits per heavy atom. The van der Waals surface area contributed by atoms with E-state index in [1.807, 2.05) is 12.1 Å². The van der Waals surface area contributed by atoms with E-state index < -0.39 is 0 Å². The van der Waals surface area contributed by atoms with Crippen LogP contribution in [0.15, 0.2) is 28.9 Å². The molecule has 0 saturated heterocycles. The predicted octanol–water partition coefficient (Wildman–Crippen LogP) is 2.12. The molecule has 18 heavy (non-hydrogen) atoms. The molecule has 0 aliphatic heterocycles. The van der Waals surface area contributed by atoms with Gasteiger partial charge in [-0.25, -0.2) is 4.98 Å². The van der Waals surface area contributed by atoms with Gasteiger partial charge in [-0.1, -0.05) is 17.8 Å². The zero-order valence-corrected chi connectivity index (χ0v) is 11.3. The van der Waals surface area contributed by atoms with Gasteiger partial charge in [0.05, 0.1) is 12.7 Å². The topological polar surface area (TPSA) is 84.9 Å². The first-order valence-corrected chi connectivity index (χ1v) is 6.87. The SMILES string of the molecule is COc1cc(CSc2ncns2)ccc1C(=N)N. The van der Waals surface area contributed by atoms with Crippen molar-refractivity contribution < 1.29 is 4.74 Å². The van der Waals surface area contributed by atoms with E-state index in [1.165, 1.54) is 11.5 Å². The zero-order chi connectivity index (χ0) is 13.0. The van der Waals surface area contributed by atoms with Crippen molar-refractivity contribution in [2.45, 2.75) is 10.1 Å². The Kier molecular flexibility index (Phi) is 4.16. The van der Waals surface area contributed by atoms with Crippen molar-refractivity contribution in [1.29, 1.82) is 5.41 Å². The fourth-order valence-corrected chi connectivity index (χ4v) is 2.81. The third-order valence-corrected chi connectivity index (χ3v) is 4.13. The van der Waals surface area contributed by atoms with Crippen LogP contribution >= 0.6 is 23.3 Å². The van der Waals surface area contributed by atoms with Gasteiger partial charge in [0.25, 0.3) is 0 Å². The molecule has 94 valence electrons. The number of ether oxygens (including phenoxy) is 1. The van der Waals surface area contributed by atoms with Gasteiger partial charge in [0, 0.05) is 5.75 Å². The molecular formula is C11H12N4OS2.